The highest BCUT2D eigenvalue weighted by molar-refractivity contribution is 6.31. The summed E-state index contributed by atoms with van der Waals surface area (Å²) in [6, 6.07) is 17.0. The molecule has 0 saturated carbocycles. The highest BCUT2D eigenvalue weighted by Gasteiger charge is 2.11. The molecule has 32 heavy (non-hydrogen) atoms. The molecule has 4 aromatic rings. The number of para-hydroxylation sites is 2. The third kappa shape index (κ3) is 4.73. The number of carbonyl (C=O) groups is 1. The van der Waals surface area contributed by atoms with E-state index in [2.05, 4.69) is 15.6 Å². The lowest BCUT2D eigenvalue weighted by Gasteiger charge is -2.14. The molecule has 0 aliphatic carbocycles. The zero-order chi connectivity index (χ0) is 22.7. The van der Waals surface area contributed by atoms with Crippen molar-refractivity contribution < 1.29 is 9.53 Å². The molecule has 0 atom stereocenters. The van der Waals surface area contributed by atoms with Gasteiger partial charge in [0.2, 0.25) is 0 Å². The average Bonchev–Trinajstić information content (AvgIpc) is 2.76. The van der Waals surface area contributed by atoms with Crippen LogP contribution in [0.3, 0.4) is 0 Å². The number of benzene rings is 2. The molecule has 162 valence electrons. The average molecular weight is 449 g/mol. The molecule has 8 heteroatoms. The van der Waals surface area contributed by atoms with Gasteiger partial charge < -0.3 is 15.4 Å². The number of nitrogens with zero attached hydrogens (tertiary/aromatic N) is 2. The third-order valence-corrected chi connectivity index (χ3v) is 5.31. The van der Waals surface area contributed by atoms with E-state index in [4.69, 9.17) is 16.3 Å². The molecule has 0 aliphatic heterocycles. The first-order chi connectivity index (χ1) is 15.4. The van der Waals surface area contributed by atoms with E-state index in [-0.39, 0.29) is 12.2 Å². The molecule has 2 aromatic carbocycles. The number of amides is 2. The molecule has 0 saturated heterocycles. The minimum Gasteiger partial charge on any atom is -0.485 e. The number of carbonyl (C=O) groups excluding carboxylic acids is 1. The number of aryl methyl sites for hydroxylation is 1. The maximum Gasteiger partial charge on any atom is 0.323 e. The van der Waals surface area contributed by atoms with Crippen molar-refractivity contribution in [2.75, 3.05) is 10.6 Å². The van der Waals surface area contributed by atoms with Gasteiger partial charge in [0.25, 0.3) is 5.56 Å². The molecule has 2 aromatic heterocycles. The summed E-state index contributed by atoms with van der Waals surface area (Å²) in [5.41, 5.74) is 3.75. The van der Waals surface area contributed by atoms with Gasteiger partial charge in [0.1, 0.15) is 18.0 Å². The van der Waals surface area contributed by atoms with E-state index in [1.807, 2.05) is 26.0 Å². The second-order valence-corrected chi connectivity index (χ2v) is 7.70. The first kappa shape index (κ1) is 21.4. The summed E-state index contributed by atoms with van der Waals surface area (Å²) in [4.78, 5) is 29.4. The van der Waals surface area contributed by atoms with Crippen LogP contribution in [0.4, 0.5) is 16.2 Å². The summed E-state index contributed by atoms with van der Waals surface area (Å²) in [5, 5.41) is 6.14. The van der Waals surface area contributed by atoms with Gasteiger partial charge in [-0.05, 0) is 61.4 Å². The van der Waals surface area contributed by atoms with Gasteiger partial charge >= 0.3 is 6.03 Å². The van der Waals surface area contributed by atoms with Crippen molar-refractivity contribution in [3.8, 4) is 5.75 Å². The molecule has 4 rings (SSSR count). The summed E-state index contributed by atoms with van der Waals surface area (Å²) < 4.78 is 7.36. The number of rotatable bonds is 5. The molecule has 2 N–H and O–H groups in total. The van der Waals surface area contributed by atoms with Crippen LogP contribution in [0.1, 0.15) is 16.8 Å². The molecule has 0 radical (unpaired) electrons. The Labute approximate surface area is 189 Å². The van der Waals surface area contributed by atoms with Crippen LogP contribution in [0.25, 0.3) is 5.65 Å². The summed E-state index contributed by atoms with van der Waals surface area (Å²) in [6.07, 6.45) is 1.70. The first-order valence-corrected chi connectivity index (χ1v) is 10.3. The van der Waals surface area contributed by atoms with E-state index in [9.17, 15) is 9.59 Å². The van der Waals surface area contributed by atoms with Crippen molar-refractivity contribution in [2.24, 2.45) is 0 Å². The smallest absolute Gasteiger partial charge is 0.323 e. The van der Waals surface area contributed by atoms with E-state index >= 15 is 0 Å². The van der Waals surface area contributed by atoms with Gasteiger partial charge in [0.15, 0.2) is 0 Å². The fraction of sp³-hybridized carbons (Fsp3) is 0.125. The molecule has 2 heterocycles. The van der Waals surface area contributed by atoms with Crippen LogP contribution in [0.2, 0.25) is 5.02 Å². The Kier molecular flexibility index (Phi) is 6.09. The quantitative estimate of drug-likeness (QED) is 0.440. The Balaban J connectivity index is 1.49. The first-order valence-electron chi connectivity index (χ1n) is 9.94. The number of halogens is 1. The highest BCUT2D eigenvalue weighted by Crippen LogP contribution is 2.26. The number of hydrogen-bond donors (Lipinski definition) is 2. The molecule has 0 spiro atoms. The molecular weight excluding hydrogens is 428 g/mol. The number of ether oxygens (including phenoxy) is 1. The summed E-state index contributed by atoms with van der Waals surface area (Å²) >= 11 is 6.12. The van der Waals surface area contributed by atoms with Crippen LogP contribution in [0, 0.1) is 13.8 Å². The molecule has 0 bridgehead atoms. The van der Waals surface area contributed by atoms with Crippen molar-refractivity contribution >= 4 is 34.7 Å². The second kappa shape index (κ2) is 9.11. The lowest BCUT2D eigenvalue weighted by Crippen LogP contribution is -2.20. The number of nitrogens with one attached hydrogen (secondary N) is 2. The van der Waals surface area contributed by atoms with Gasteiger partial charge in [-0.2, -0.15) is 0 Å². The van der Waals surface area contributed by atoms with Crippen molar-refractivity contribution in [1.82, 2.24) is 9.38 Å². The van der Waals surface area contributed by atoms with Gasteiger partial charge in [-0.15, -0.1) is 0 Å². The van der Waals surface area contributed by atoms with Crippen LogP contribution < -0.4 is 20.9 Å². The van der Waals surface area contributed by atoms with Gasteiger partial charge in [0, 0.05) is 23.0 Å². The maximum atomic E-state index is 12.5. The van der Waals surface area contributed by atoms with E-state index < -0.39 is 6.03 Å². The third-order valence-electron chi connectivity index (χ3n) is 4.90. The standard InChI is InChI=1S/C24H21ClN4O3/c1-15-10-11-29-22(12-15)26-17(13-23(29)30)14-32-21-9-4-3-7-20(21)28-24(31)27-19-8-5-6-18(25)16(19)2/h3-13H,14H2,1-2H3,(H2,27,28,31). The molecule has 2 amide bonds. The predicted molar refractivity (Wildman–Crippen MR) is 126 cm³/mol. The Bertz CT molecular complexity index is 1370. The summed E-state index contributed by atoms with van der Waals surface area (Å²) in [6.45, 7) is 3.84. The van der Waals surface area contributed by atoms with Gasteiger partial charge in [-0.1, -0.05) is 29.8 Å². The van der Waals surface area contributed by atoms with E-state index in [0.29, 0.717) is 33.5 Å². The van der Waals surface area contributed by atoms with Crippen LogP contribution in [-0.2, 0) is 6.61 Å². The molecule has 0 unspecified atom stereocenters. The fourth-order valence-electron chi connectivity index (χ4n) is 3.19. The number of urea groups is 1. The van der Waals surface area contributed by atoms with E-state index in [1.165, 1.54) is 10.5 Å². The van der Waals surface area contributed by atoms with Gasteiger partial charge in [0.05, 0.1) is 11.4 Å². The number of hydrogen-bond acceptors (Lipinski definition) is 4. The van der Waals surface area contributed by atoms with Gasteiger partial charge in [-0.25, -0.2) is 9.78 Å². The van der Waals surface area contributed by atoms with Crippen molar-refractivity contribution in [3.63, 3.8) is 0 Å². The lowest BCUT2D eigenvalue weighted by molar-refractivity contribution is 0.261. The number of aromatic nitrogens is 2. The Morgan fingerprint density at radius 2 is 1.78 bits per heavy atom. The number of anilines is 2. The van der Waals surface area contributed by atoms with Crippen molar-refractivity contribution in [3.05, 3.63) is 99.1 Å². The Morgan fingerprint density at radius 1 is 1.03 bits per heavy atom. The molecule has 7 nitrogen and oxygen atoms in total. The molecule has 0 fully saturated rings. The zero-order valence-electron chi connectivity index (χ0n) is 17.6. The predicted octanol–water partition coefficient (Wildman–Crippen LogP) is 5.19. The van der Waals surface area contributed by atoms with E-state index in [1.54, 1.807) is 48.7 Å². The van der Waals surface area contributed by atoms with Crippen LogP contribution in [0.15, 0.2) is 71.7 Å². The second-order valence-electron chi connectivity index (χ2n) is 7.29. The van der Waals surface area contributed by atoms with Crippen LogP contribution >= 0.6 is 11.6 Å². The lowest BCUT2D eigenvalue weighted by atomic mass is 10.2. The molecule has 0 aliphatic rings. The monoisotopic (exact) mass is 448 g/mol. The summed E-state index contributed by atoms with van der Waals surface area (Å²) in [7, 11) is 0. The topological polar surface area (TPSA) is 84.7 Å². The largest absolute Gasteiger partial charge is 0.485 e. The summed E-state index contributed by atoms with van der Waals surface area (Å²) in [5.74, 6) is 0.455. The Hall–Kier alpha value is -3.84. The molecular formula is C24H21ClN4O3. The van der Waals surface area contributed by atoms with E-state index in [0.717, 1.165) is 11.1 Å². The normalized spacial score (nSPS) is 10.7. The zero-order valence-corrected chi connectivity index (χ0v) is 18.3. The highest BCUT2D eigenvalue weighted by atomic mass is 35.5. The SMILES string of the molecule is Cc1ccn2c(=O)cc(COc3ccccc3NC(=O)Nc3cccc(Cl)c3C)nc2c1. The van der Waals surface area contributed by atoms with Crippen molar-refractivity contribution in [1.29, 1.82) is 0 Å². The van der Waals surface area contributed by atoms with Gasteiger partial charge in [-0.3, -0.25) is 9.20 Å². The maximum absolute atomic E-state index is 12.5. The minimum absolute atomic E-state index is 0.0768. The number of fused-ring (bicyclic) bond motifs is 1. The fourth-order valence-corrected chi connectivity index (χ4v) is 3.37. The van der Waals surface area contributed by atoms with Crippen LogP contribution in [0.5, 0.6) is 5.75 Å². The number of pyridine rings is 1. The Morgan fingerprint density at radius 3 is 2.62 bits per heavy atom. The van der Waals surface area contributed by atoms with Crippen LogP contribution in [-0.4, -0.2) is 15.4 Å². The van der Waals surface area contributed by atoms with Crippen molar-refractivity contribution in [2.45, 2.75) is 20.5 Å². The minimum atomic E-state index is -0.427.